The topological polar surface area (TPSA) is 92.3 Å². The van der Waals surface area contributed by atoms with Crippen molar-refractivity contribution in [2.24, 2.45) is 0 Å². The van der Waals surface area contributed by atoms with Crippen LogP contribution in [0, 0.1) is 20.4 Å². The van der Waals surface area contributed by atoms with Gasteiger partial charge in [-0.1, -0.05) is 24.3 Å². The fourth-order valence-electron chi connectivity index (χ4n) is 2.64. The van der Waals surface area contributed by atoms with E-state index in [2.05, 4.69) is 14.9 Å². The Morgan fingerprint density at radius 3 is 2.52 bits per heavy atom. The first kappa shape index (κ1) is 16.2. The predicted molar refractivity (Wildman–Crippen MR) is 92.3 cm³/mol. The number of nitrogens with zero attached hydrogens (tertiary/aromatic N) is 3. The number of aromatic carboxylic acids is 1. The quantitative estimate of drug-likeness (QED) is 0.720. The molecular weight excluding hydrogens is 320 g/mol. The number of hydrogen-bond donors (Lipinski definition) is 2. The number of aromatic amines is 1. The first-order chi connectivity index (χ1) is 11.9. The van der Waals surface area contributed by atoms with Crippen LogP contribution in [0.25, 0.3) is 21.8 Å². The number of carbonyl (C=O) groups is 1. The highest BCUT2D eigenvalue weighted by Gasteiger charge is 2.16. The van der Waals surface area contributed by atoms with Gasteiger partial charge < -0.3 is 5.11 Å². The highest BCUT2D eigenvalue weighted by molar-refractivity contribution is 5.89. The fraction of sp³-hybridized carbons (Fsp3) is 0.111. The van der Waals surface area contributed by atoms with Gasteiger partial charge in [-0.25, -0.2) is 19.3 Å². The molecule has 3 rings (SSSR count). The Morgan fingerprint density at radius 1 is 1.28 bits per heavy atom. The van der Waals surface area contributed by atoms with Crippen molar-refractivity contribution in [1.29, 1.82) is 0 Å². The summed E-state index contributed by atoms with van der Waals surface area (Å²) in [6.07, 6.45) is 1.24. The molecule has 0 spiro atoms. The van der Waals surface area contributed by atoms with E-state index in [1.807, 2.05) is 0 Å². The van der Waals surface area contributed by atoms with Crippen LogP contribution in [0.15, 0.2) is 41.3 Å². The third kappa shape index (κ3) is 2.81. The number of pyridine rings is 1. The number of H-pyrrole nitrogens is 1. The number of rotatable bonds is 3. The molecule has 0 aliphatic carbocycles. The minimum Gasteiger partial charge on any atom is -0.478 e. The predicted octanol–water partition coefficient (Wildman–Crippen LogP) is 3.09. The van der Waals surface area contributed by atoms with Crippen molar-refractivity contribution in [3.63, 3.8) is 0 Å². The molecule has 0 saturated carbocycles. The monoisotopic (exact) mass is 334 g/mol. The van der Waals surface area contributed by atoms with Gasteiger partial charge in [-0.05, 0) is 31.0 Å². The van der Waals surface area contributed by atoms with Gasteiger partial charge in [0.2, 0.25) is 0 Å². The standard InChI is InChI=1S/C18H14N4O3/c1-10-8-15(20-9-14(10)18(24)25)22-17(23)16(11(2)21-22)12-4-6-13(19-3)7-5-12/h4-9,21H,1-2H3,(H,24,25). The van der Waals surface area contributed by atoms with E-state index in [-0.39, 0.29) is 11.1 Å². The molecule has 0 amide bonds. The maximum atomic E-state index is 12.8. The van der Waals surface area contributed by atoms with Gasteiger partial charge in [-0.15, -0.1) is 0 Å². The number of aryl methyl sites for hydroxylation is 2. The molecule has 0 bridgehead atoms. The van der Waals surface area contributed by atoms with Crippen molar-refractivity contribution in [2.45, 2.75) is 13.8 Å². The molecule has 2 heterocycles. The molecule has 0 radical (unpaired) electrons. The molecule has 0 fully saturated rings. The van der Waals surface area contributed by atoms with E-state index in [1.54, 1.807) is 44.2 Å². The van der Waals surface area contributed by atoms with Crippen molar-refractivity contribution in [1.82, 2.24) is 14.8 Å². The van der Waals surface area contributed by atoms with E-state index >= 15 is 0 Å². The van der Waals surface area contributed by atoms with Gasteiger partial charge in [-0.3, -0.25) is 9.89 Å². The van der Waals surface area contributed by atoms with Gasteiger partial charge in [0.1, 0.15) is 0 Å². The van der Waals surface area contributed by atoms with Crippen LogP contribution >= 0.6 is 0 Å². The Morgan fingerprint density at radius 2 is 1.96 bits per heavy atom. The van der Waals surface area contributed by atoms with Gasteiger partial charge in [0.05, 0.1) is 17.7 Å². The molecule has 2 aromatic heterocycles. The van der Waals surface area contributed by atoms with E-state index in [9.17, 15) is 9.59 Å². The zero-order valence-electron chi connectivity index (χ0n) is 13.6. The molecule has 1 aromatic carbocycles. The number of nitrogens with one attached hydrogen (secondary N) is 1. The van der Waals surface area contributed by atoms with Gasteiger partial charge in [-0.2, -0.15) is 0 Å². The minimum absolute atomic E-state index is 0.0926. The summed E-state index contributed by atoms with van der Waals surface area (Å²) < 4.78 is 1.28. The lowest BCUT2D eigenvalue weighted by atomic mass is 10.1. The van der Waals surface area contributed by atoms with Gasteiger partial charge in [0.15, 0.2) is 11.5 Å². The molecule has 0 atom stereocenters. The maximum Gasteiger partial charge on any atom is 0.337 e. The molecule has 7 heteroatoms. The lowest BCUT2D eigenvalue weighted by molar-refractivity contribution is 0.0695. The molecule has 0 aliphatic heterocycles. The number of carboxylic acid groups (broad SMARTS) is 1. The second-order valence-corrected chi connectivity index (χ2v) is 5.57. The molecule has 0 aliphatic rings. The van der Waals surface area contributed by atoms with Crippen LogP contribution in [0.2, 0.25) is 0 Å². The van der Waals surface area contributed by atoms with Crippen LogP contribution in [-0.2, 0) is 0 Å². The van der Waals surface area contributed by atoms with Crippen molar-refractivity contribution in [3.8, 4) is 16.9 Å². The number of carboxylic acids is 1. The Balaban J connectivity index is 2.11. The van der Waals surface area contributed by atoms with Crippen molar-refractivity contribution >= 4 is 11.7 Å². The van der Waals surface area contributed by atoms with E-state index in [1.165, 1.54) is 10.9 Å². The van der Waals surface area contributed by atoms with E-state index in [0.29, 0.717) is 33.9 Å². The van der Waals surface area contributed by atoms with Crippen LogP contribution in [0.4, 0.5) is 5.69 Å². The number of benzene rings is 1. The second kappa shape index (κ2) is 6.09. The third-order valence-electron chi connectivity index (χ3n) is 3.91. The zero-order chi connectivity index (χ0) is 18.1. The number of aromatic nitrogens is 3. The van der Waals surface area contributed by atoms with Gasteiger partial charge in [0.25, 0.3) is 5.56 Å². The first-order valence-electron chi connectivity index (χ1n) is 7.42. The number of hydrogen-bond acceptors (Lipinski definition) is 3. The molecule has 7 nitrogen and oxygen atoms in total. The van der Waals surface area contributed by atoms with Crippen LogP contribution in [0.5, 0.6) is 0 Å². The second-order valence-electron chi connectivity index (χ2n) is 5.57. The molecule has 0 saturated heterocycles. The Kier molecular flexibility index (Phi) is 3.95. The Hall–Kier alpha value is -3.66. The lowest BCUT2D eigenvalue weighted by Gasteiger charge is -2.04. The highest BCUT2D eigenvalue weighted by atomic mass is 16.4. The average molecular weight is 334 g/mol. The van der Waals surface area contributed by atoms with Crippen molar-refractivity contribution in [3.05, 3.63) is 75.1 Å². The van der Waals surface area contributed by atoms with Crippen LogP contribution < -0.4 is 5.56 Å². The Labute approximate surface area is 143 Å². The molecule has 25 heavy (non-hydrogen) atoms. The average Bonchev–Trinajstić information content (AvgIpc) is 2.89. The normalized spacial score (nSPS) is 10.4. The third-order valence-corrected chi connectivity index (χ3v) is 3.91. The smallest absolute Gasteiger partial charge is 0.337 e. The molecule has 2 N–H and O–H groups in total. The zero-order valence-corrected chi connectivity index (χ0v) is 13.6. The lowest BCUT2D eigenvalue weighted by Crippen LogP contribution is -2.17. The molecular formula is C18H14N4O3. The van der Waals surface area contributed by atoms with Crippen LogP contribution in [0.3, 0.4) is 0 Å². The molecule has 3 aromatic rings. The maximum absolute atomic E-state index is 12.8. The summed E-state index contributed by atoms with van der Waals surface area (Å²) in [7, 11) is 0. The van der Waals surface area contributed by atoms with Crippen LogP contribution in [-0.4, -0.2) is 25.8 Å². The summed E-state index contributed by atoms with van der Waals surface area (Å²) in [6, 6.07) is 8.31. The summed E-state index contributed by atoms with van der Waals surface area (Å²) in [4.78, 5) is 31.3. The summed E-state index contributed by atoms with van der Waals surface area (Å²) in [5.74, 6) is -0.744. The van der Waals surface area contributed by atoms with E-state index in [0.717, 1.165) is 0 Å². The fourth-order valence-corrected chi connectivity index (χ4v) is 2.64. The van der Waals surface area contributed by atoms with Crippen LogP contribution in [0.1, 0.15) is 21.6 Å². The summed E-state index contributed by atoms with van der Waals surface area (Å²) in [6.45, 7) is 10.4. The summed E-state index contributed by atoms with van der Waals surface area (Å²) >= 11 is 0. The van der Waals surface area contributed by atoms with Gasteiger partial charge >= 0.3 is 5.97 Å². The SMILES string of the molecule is [C-]#[N+]c1ccc(-c2c(C)[nH]n(-c3cc(C)c(C(=O)O)cn3)c2=O)cc1. The van der Waals surface area contributed by atoms with Crippen molar-refractivity contribution < 1.29 is 9.90 Å². The largest absolute Gasteiger partial charge is 0.478 e. The van der Waals surface area contributed by atoms with Crippen molar-refractivity contribution in [2.75, 3.05) is 0 Å². The summed E-state index contributed by atoms with van der Waals surface area (Å²) in [5.41, 5.74) is 2.65. The molecule has 0 unspecified atom stereocenters. The van der Waals surface area contributed by atoms with E-state index < -0.39 is 5.97 Å². The van der Waals surface area contributed by atoms with E-state index in [4.69, 9.17) is 11.7 Å². The summed E-state index contributed by atoms with van der Waals surface area (Å²) in [5, 5.41) is 12.0. The molecule has 124 valence electrons. The Bertz CT molecular complexity index is 1070. The van der Waals surface area contributed by atoms with Gasteiger partial charge in [0, 0.05) is 11.9 Å². The highest BCUT2D eigenvalue weighted by Crippen LogP contribution is 2.23. The minimum atomic E-state index is -1.06. The first-order valence-corrected chi connectivity index (χ1v) is 7.42.